The van der Waals surface area contributed by atoms with Crippen molar-refractivity contribution in [1.82, 2.24) is 0 Å². The molecule has 140 valence electrons. The first-order valence-corrected chi connectivity index (χ1v) is 9.49. The summed E-state index contributed by atoms with van der Waals surface area (Å²) in [6.07, 6.45) is 3.14. The second-order valence-corrected chi connectivity index (χ2v) is 7.69. The zero-order chi connectivity index (χ0) is 19.2. The quantitative estimate of drug-likeness (QED) is 0.761. The number of allylic oxidation sites excluding steroid dienone is 1. The minimum Gasteiger partial charge on any atom is -0.449 e. The third-order valence-corrected chi connectivity index (χ3v) is 6.62. The molecule has 3 atom stereocenters. The maximum Gasteiger partial charge on any atom is 0.304 e. The van der Waals surface area contributed by atoms with Crippen molar-refractivity contribution in [3.63, 3.8) is 0 Å². The van der Waals surface area contributed by atoms with E-state index >= 15 is 0 Å². The highest BCUT2D eigenvalue weighted by Gasteiger charge is 2.52. The molecule has 2 aromatic rings. The van der Waals surface area contributed by atoms with Crippen LogP contribution in [0.4, 0.5) is 0 Å². The van der Waals surface area contributed by atoms with Gasteiger partial charge in [-0.25, -0.2) is 0 Å². The van der Waals surface area contributed by atoms with Crippen molar-refractivity contribution in [2.75, 3.05) is 0 Å². The van der Waals surface area contributed by atoms with Crippen LogP contribution in [0.25, 0.3) is 0 Å². The van der Waals surface area contributed by atoms with Crippen LogP contribution in [0.1, 0.15) is 44.4 Å². The van der Waals surface area contributed by atoms with Gasteiger partial charge in [-0.3, -0.25) is 0 Å². The minimum atomic E-state index is -1.09. The van der Waals surface area contributed by atoms with Gasteiger partial charge < -0.3 is 14.6 Å². The van der Waals surface area contributed by atoms with Gasteiger partial charge in [0.1, 0.15) is 18.1 Å². The van der Waals surface area contributed by atoms with Gasteiger partial charge in [-0.05, 0) is 36.8 Å². The number of aliphatic hydroxyl groups is 1. The number of hydrogen-bond acceptors (Lipinski definition) is 3. The van der Waals surface area contributed by atoms with Crippen molar-refractivity contribution >= 4 is 0 Å². The molecule has 0 spiro atoms. The van der Waals surface area contributed by atoms with Gasteiger partial charge in [0.2, 0.25) is 0 Å². The molecule has 0 saturated carbocycles. The van der Waals surface area contributed by atoms with E-state index in [1.807, 2.05) is 61.5 Å². The van der Waals surface area contributed by atoms with E-state index in [1.165, 1.54) is 5.57 Å². The van der Waals surface area contributed by atoms with E-state index in [4.69, 9.17) is 9.47 Å². The summed E-state index contributed by atoms with van der Waals surface area (Å²) in [6.45, 7) is 8.45. The molecule has 3 unspecified atom stereocenters. The Morgan fingerprint density at radius 2 is 1.37 bits per heavy atom. The first-order chi connectivity index (χ1) is 12.9. The lowest BCUT2D eigenvalue weighted by Crippen LogP contribution is -2.38. The second-order valence-electron chi connectivity index (χ2n) is 7.69. The van der Waals surface area contributed by atoms with Crippen molar-refractivity contribution < 1.29 is 14.6 Å². The van der Waals surface area contributed by atoms with Crippen LogP contribution in [-0.2, 0) is 20.9 Å². The normalized spacial score (nSPS) is 28.9. The molecule has 1 aliphatic heterocycles. The Morgan fingerprint density at radius 3 is 1.93 bits per heavy atom. The number of benzene rings is 2. The number of ether oxygens (including phenoxy) is 2. The lowest BCUT2D eigenvalue weighted by Gasteiger charge is -2.38. The van der Waals surface area contributed by atoms with Gasteiger partial charge in [0, 0.05) is 11.1 Å². The molecule has 0 aromatic heterocycles. The van der Waals surface area contributed by atoms with Gasteiger partial charge in [-0.15, -0.1) is 0 Å². The Kier molecular flexibility index (Phi) is 4.15. The SMILES string of the molecule is CC1=C(C)C(O)(c2ccccc2C2(c3ccccc3)OC=CO2)C(C)C1C. The highest BCUT2D eigenvalue weighted by Crippen LogP contribution is 2.53. The fourth-order valence-corrected chi connectivity index (χ4v) is 4.62. The smallest absolute Gasteiger partial charge is 0.304 e. The van der Waals surface area contributed by atoms with E-state index in [1.54, 1.807) is 12.5 Å². The van der Waals surface area contributed by atoms with Crippen molar-refractivity contribution in [3.8, 4) is 0 Å². The molecule has 4 rings (SSSR count). The van der Waals surface area contributed by atoms with Crippen LogP contribution in [0, 0.1) is 11.8 Å². The zero-order valence-electron chi connectivity index (χ0n) is 16.3. The first kappa shape index (κ1) is 17.9. The van der Waals surface area contributed by atoms with Crippen molar-refractivity contribution in [2.45, 2.75) is 39.1 Å². The highest BCUT2D eigenvalue weighted by atomic mass is 16.7. The molecule has 0 saturated heterocycles. The fraction of sp³-hybridized carbons (Fsp3) is 0.333. The Labute approximate surface area is 160 Å². The molecule has 2 aromatic carbocycles. The zero-order valence-corrected chi connectivity index (χ0v) is 16.3. The molecule has 3 heteroatoms. The van der Waals surface area contributed by atoms with Gasteiger partial charge in [0.25, 0.3) is 0 Å². The molecule has 0 radical (unpaired) electrons. The Morgan fingerprint density at radius 1 is 0.815 bits per heavy atom. The lowest BCUT2D eigenvalue weighted by atomic mass is 9.75. The molecule has 2 aliphatic rings. The van der Waals surface area contributed by atoms with Crippen LogP contribution in [0.5, 0.6) is 0 Å². The minimum absolute atomic E-state index is 0.0563. The summed E-state index contributed by atoms with van der Waals surface area (Å²) in [6, 6.07) is 17.8. The van der Waals surface area contributed by atoms with Crippen LogP contribution in [0.15, 0.2) is 78.3 Å². The number of hydrogen-bond donors (Lipinski definition) is 1. The standard InChI is InChI=1S/C24H26O3/c1-16-17(2)19(4)23(25,18(16)3)21-12-8-9-13-22(21)24(26-14-15-27-24)20-10-6-5-7-11-20/h5-16,18,25H,1-4H3. The predicted octanol–water partition coefficient (Wildman–Crippen LogP) is 5.22. The van der Waals surface area contributed by atoms with E-state index < -0.39 is 11.4 Å². The predicted molar refractivity (Wildman–Crippen MR) is 106 cm³/mol. The molecular weight excluding hydrogens is 336 g/mol. The molecule has 1 N–H and O–H groups in total. The van der Waals surface area contributed by atoms with Gasteiger partial charge in [0.15, 0.2) is 0 Å². The molecular formula is C24H26O3. The van der Waals surface area contributed by atoms with Crippen LogP contribution in [0.2, 0.25) is 0 Å². The fourth-order valence-electron chi connectivity index (χ4n) is 4.62. The monoisotopic (exact) mass is 362 g/mol. The summed E-state index contributed by atoms with van der Waals surface area (Å²) < 4.78 is 12.1. The van der Waals surface area contributed by atoms with E-state index in [-0.39, 0.29) is 5.92 Å². The summed E-state index contributed by atoms with van der Waals surface area (Å²) >= 11 is 0. The van der Waals surface area contributed by atoms with Gasteiger partial charge in [-0.1, -0.05) is 74.0 Å². The van der Waals surface area contributed by atoms with Crippen molar-refractivity contribution in [2.24, 2.45) is 11.8 Å². The van der Waals surface area contributed by atoms with Crippen molar-refractivity contribution in [3.05, 3.63) is 95.0 Å². The molecule has 0 bridgehead atoms. The average Bonchev–Trinajstić information content (AvgIpc) is 3.27. The molecule has 1 heterocycles. The summed E-state index contributed by atoms with van der Waals surface area (Å²) in [4.78, 5) is 0. The van der Waals surface area contributed by atoms with Crippen LogP contribution < -0.4 is 0 Å². The third kappa shape index (κ3) is 2.38. The Bertz CT molecular complexity index is 904. The Hall–Kier alpha value is -2.52. The summed E-state index contributed by atoms with van der Waals surface area (Å²) in [5, 5.41) is 12.0. The molecule has 27 heavy (non-hydrogen) atoms. The van der Waals surface area contributed by atoms with E-state index in [9.17, 15) is 5.11 Å². The highest BCUT2D eigenvalue weighted by molar-refractivity contribution is 5.49. The van der Waals surface area contributed by atoms with Gasteiger partial charge in [-0.2, -0.15) is 0 Å². The maximum atomic E-state index is 12.0. The molecule has 1 aliphatic carbocycles. The topological polar surface area (TPSA) is 38.7 Å². The van der Waals surface area contributed by atoms with Crippen LogP contribution in [0.3, 0.4) is 0 Å². The molecule has 0 fully saturated rings. The largest absolute Gasteiger partial charge is 0.449 e. The Balaban J connectivity index is 1.95. The van der Waals surface area contributed by atoms with Crippen molar-refractivity contribution in [1.29, 1.82) is 0 Å². The number of rotatable bonds is 3. The summed E-state index contributed by atoms with van der Waals surface area (Å²) in [5.74, 6) is -0.729. The van der Waals surface area contributed by atoms with Gasteiger partial charge in [0.05, 0.1) is 0 Å². The average molecular weight is 362 g/mol. The first-order valence-electron chi connectivity index (χ1n) is 9.49. The summed E-state index contributed by atoms with van der Waals surface area (Å²) in [7, 11) is 0. The summed E-state index contributed by atoms with van der Waals surface area (Å²) in [5.41, 5.74) is 3.77. The lowest BCUT2D eigenvalue weighted by molar-refractivity contribution is -0.116. The second kappa shape index (κ2) is 6.28. The van der Waals surface area contributed by atoms with E-state index in [0.717, 1.165) is 22.3 Å². The van der Waals surface area contributed by atoms with Crippen LogP contribution in [-0.4, -0.2) is 5.11 Å². The van der Waals surface area contributed by atoms with Crippen LogP contribution >= 0.6 is 0 Å². The van der Waals surface area contributed by atoms with E-state index in [2.05, 4.69) is 20.8 Å². The third-order valence-electron chi connectivity index (χ3n) is 6.62. The maximum absolute atomic E-state index is 12.0. The molecule has 0 amide bonds. The molecule has 3 nitrogen and oxygen atoms in total. The van der Waals surface area contributed by atoms with Gasteiger partial charge >= 0.3 is 5.79 Å². The van der Waals surface area contributed by atoms with E-state index in [0.29, 0.717) is 5.92 Å².